The molecule has 1 nitrogen and oxygen atoms in total. The fraction of sp³-hybridized carbons (Fsp3) is 0.0714. The summed E-state index contributed by atoms with van der Waals surface area (Å²) >= 11 is 0. The third kappa shape index (κ3) is 2.32. The van der Waals surface area contributed by atoms with Crippen molar-refractivity contribution in [1.29, 1.82) is 0 Å². The lowest BCUT2D eigenvalue weighted by Gasteiger charge is -1.98. The van der Waals surface area contributed by atoms with Crippen LogP contribution in [0.25, 0.3) is 10.8 Å². The van der Waals surface area contributed by atoms with E-state index in [1.807, 2.05) is 18.3 Å². The molecule has 1 heteroatoms. The Hall–Kier alpha value is -1.89. The highest BCUT2D eigenvalue weighted by molar-refractivity contribution is 5.90. The van der Waals surface area contributed by atoms with Gasteiger partial charge in [-0.15, -0.1) is 6.58 Å². The maximum Gasteiger partial charge on any atom is 0.0567 e. The molecule has 0 atom stereocenters. The van der Waals surface area contributed by atoms with E-state index < -0.39 is 0 Å². The maximum absolute atomic E-state index is 4.22. The summed E-state index contributed by atoms with van der Waals surface area (Å²) in [6.07, 6.45) is 3.67. The molecule has 0 heterocycles. The molecule has 0 unspecified atom stereocenters. The van der Waals surface area contributed by atoms with Crippen molar-refractivity contribution in [3.8, 4) is 0 Å². The van der Waals surface area contributed by atoms with Crippen LogP contribution in [0.5, 0.6) is 0 Å². The minimum absolute atomic E-state index is 0.673. The van der Waals surface area contributed by atoms with Crippen LogP contribution in [0.2, 0.25) is 0 Å². The van der Waals surface area contributed by atoms with Gasteiger partial charge in [-0.3, -0.25) is 4.99 Å². The van der Waals surface area contributed by atoms with E-state index in [2.05, 4.69) is 41.9 Å². The molecule has 0 N–H and O–H groups in total. The van der Waals surface area contributed by atoms with Crippen LogP contribution >= 0.6 is 0 Å². The quantitative estimate of drug-likeness (QED) is 0.525. The zero-order valence-corrected chi connectivity index (χ0v) is 8.56. The Labute approximate surface area is 89.8 Å². The molecule has 74 valence electrons. The molecule has 0 amide bonds. The van der Waals surface area contributed by atoms with Crippen molar-refractivity contribution in [2.24, 2.45) is 4.99 Å². The summed E-state index contributed by atoms with van der Waals surface area (Å²) in [5, 5.41) is 2.51. The van der Waals surface area contributed by atoms with Crippen LogP contribution in [0.15, 0.2) is 60.1 Å². The van der Waals surface area contributed by atoms with Crippen LogP contribution in [-0.2, 0) is 0 Å². The second kappa shape index (κ2) is 4.56. The fourth-order valence-corrected chi connectivity index (χ4v) is 1.52. The van der Waals surface area contributed by atoms with Gasteiger partial charge in [0.2, 0.25) is 0 Å². The first-order valence-electron chi connectivity index (χ1n) is 4.99. The number of benzene rings is 2. The molecular formula is C14H13N. The molecule has 2 aromatic rings. The lowest BCUT2D eigenvalue weighted by molar-refractivity contribution is 1.26. The molecule has 15 heavy (non-hydrogen) atoms. The normalized spacial score (nSPS) is 10.9. The summed E-state index contributed by atoms with van der Waals surface area (Å²) in [4.78, 5) is 4.22. The van der Waals surface area contributed by atoms with Gasteiger partial charge < -0.3 is 0 Å². The number of hydrogen-bond acceptors (Lipinski definition) is 1. The van der Waals surface area contributed by atoms with Crippen molar-refractivity contribution in [2.45, 2.75) is 0 Å². The molecule has 0 aliphatic carbocycles. The lowest BCUT2D eigenvalue weighted by Crippen LogP contribution is -1.82. The topological polar surface area (TPSA) is 12.4 Å². The first-order chi connectivity index (χ1) is 7.40. The van der Waals surface area contributed by atoms with E-state index in [0.717, 1.165) is 5.56 Å². The summed E-state index contributed by atoms with van der Waals surface area (Å²) in [5.41, 5.74) is 1.13. The predicted molar refractivity (Wildman–Crippen MR) is 66.6 cm³/mol. The zero-order chi connectivity index (χ0) is 10.5. The van der Waals surface area contributed by atoms with Crippen LogP contribution in [0.3, 0.4) is 0 Å². The second-order valence-electron chi connectivity index (χ2n) is 3.39. The van der Waals surface area contributed by atoms with Crippen LogP contribution in [0.1, 0.15) is 5.56 Å². The molecule has 2 aromatic carbocycles. The van der Waals surface area contributed by atoms with Gasteiger partial charge in [0.25, 0.3) is 0 Å². The number of nitrogens with zero attached hydrogens (tertiary/aromatic N) is 1. The van der Waals surface area contributed by atoms with E-state index >= 15 is 0 Å². The second-order valence-corrected chi connectivity index (χ2v) is 3.39. The summed E-state index contributed by atoms with van der Waals surface area (Å²) in [5.74, 6) is 0. The number of fused-ring (bicyclic) bond motifs is 1. The highest BCUT2D eigenvalue weighted by atomic mass is 14.7. The van der Waals surface area contributed by atoms with Crippen molar-refractivity contribution < 1.29 is 0 Å². The van der Waals surface area contributed by atoms with Gasteiger partial charge in [0.15, 0.2) is 0 Å². The van der Waals surface area contributed by atoms with Crippen molar-refractivity contribution in [1.82, 2.24) is 0 Å². The van der Waals surface area contributed by atoms with Crippen LogP contribution in [0.4, 0.5) is 0 Å². The van der Waals surface area contributed by atoms with Crippen LogP contribution in [-0.4, -0.2) is 12.8 Å². The van der Waals surface area contributed by atoms with E-state index in [-0.39, 0.29) is 0 Å². The fourth-order valence-electron chi connectivity index (χ4n) is 1.52. The van der Waals surface area contributed by atoms with Gasteiger partial charge in [0.05, 0.1) is 6.54 Å². The van der Waals surface area contributed by atoms with Crippen LogP contribution < -0.4 is 0 Å². The third-order valence-electron chi connectivity index (χ3n) is 2.25. The minimum atomic E-state index is 0.673. The SMILES string of the molecule is C=CCN=Cc1ccc2ccccc2c1. The third-order valence-corrected chi connectivity index (χ3v) is 2.25. The Morgan fingerprint density at radius 2 is 1.87 bits per heavy atom. The van der Waals surface area contributed by atoms with Crippen molar-refractivity contribution in [3.05, 3.63) is 60.7 Å². The number of hydrogen-bond donors (Lipinski definition) is 0. The molecule has 0 aliphatic heterocycles. The van der Waals surface area contributed by atoms with E-state index in [0.29, 0.717) is 6.54 Å². The first kappa shape index (κ1) is 9.66. The Kier molecular flexibility index (Phi) is 2.93. The molecule has 0 saturated carbocycles. The highest BCUT2D eigenvalue weighted by Crippen LogP contribution is 2.14. The average molecular weight is 195 g/mol. The largest absolute Gasteiger partial charge is 0.288 e. The van der Waals surface area contributed by atoms with Crippen molar-refractivity contribution in [2.75, 3.05) is 6.54 Å². The summed E-state index contributed by atoms with van der Waals surface area (Å²) in [6.45, 7) is 4.30. The lowest BCUT2D eigenvalue weighted by atomic mass is 10.1. The Balaban J connectivity index is 2.34. The molecule has 0 fully saturated rings. The number of rotatable bonds is 3. The summed E-state index contributed by atoms with van der Waals surface area (Å²) < 4.78 is 0. The molecule has 2 rings (SSSR count). The molecule has 0 spiro atoms. The first-order valence-corrected chi connectivity index (χ1v) is 4.99. The Morgan fingerprint density at radius 1 is 1.07 bits per heavy atom. The molecular weight excluding hydrogens is 182 g/mol. The molecule has 0 aromatic heterocycles. The van der Waals surface area contributed by atoms with Gasteiger partial charge in [-0.1, -0.05) is 42.5 Å². The van der Waals surface area contributed by atoms with Crippen LogP contribution in [0, 0.1) is 0 Å². The Bertz CT molecular complexity index is 497. The van der Waals surface area contributed by atoms with Crippen molar-refractivity contribution in [3.63, 3.8) is 0 Å². The predicted octanol–water partition coefficient (Wildman–Crippen LogP) is 3.44. The zero-order valence-electron chi connectivity index (χ0n) is 8.56. The number of aliphatic imine (C=N–C) groups is 1. The smallest absolute Gasteiger partial charge is 0.0567 e. The highest BCUT2D eigenvalue weighted by Gasteiger charge is 1.92. The van der Waals surface area contributed by atoms with Gasteiger partial charge in [0, 0.05) is 6.21 Å². The molecule has 0 radical (unpaired) electrons. The molecule has 0 aliphatic rings. The monoisotopic (exact) mass is 195 g/mol. The summed E-state index contributed by atoms with van der Waals surface area (Å²) in [7, 11) is 0. The average Bonchev–Trinajstić information content (AvgIpc) is 2.29. The molecule has 0 saturated heterocycles. The van der Waals surface area contributed by atoms with Gasteiger partial charge >= 0.3 is 0 Å². The van der Waals surface area contributed by atoms with E-state index in [1.165, 1.54) is 10.8 Å². The summed E-state index contributed by atoms with van der Waals surface area (Å²) in [6, 6.07) is 14.7. The molecule has 0 bridgehead atoms. The minimum Gasteiger partial charge on any atom is -0.288 e. The standard InChI is InChI=1S/C14H13N/c1-2-9-15-11-12-7-8-13-5-3-4-6-14(13)10-12/h2-8,10-11H,1,9H2. The van der Waals surface area contributed by atoms with Gasteiger partial charge in [-0.05, 0) is 22.4 Å². The van der Waals surface area contributed by atoms with E-state index in [1.54, 1.807) is 6.08 Å². The maximum atomic E-state index is 4.22. The van der Waals surface area contributed by atoms with Gasteiger partial charge in [0.1, 0.15) is 0 Å². The van der Waals surface area contributed by atoms with E-state index in [4.69, 9.17) is 0 Å². The van der Waals surface area contributed by atoms with Gasteiger partial charge in [-0.2, -0.15) is 0 Å². The van der Waals surface area contributed by atoms with Gasteiger partial charge in [-0.25, -0.2) is 0 Å². The Morgan fingerprint density at radius 3 is 2.67 bits per heavy atom. The van der Waals surface area contributed by atoms with E-state index in [9.17, 15) is 0 Å². The van der Waals surface area contributed by atoms with Crippen molar-refractivity contribution >= 4 is 17.0 Å².